The number of benzene rings is 1. The first kappa shape index (κ1) is 22.7. The van der Waals surface area contributed by atoms with Crippen molar-refractivity contribution in [3.63, 3.8) is 0 Å². The number of para-hydroxylation sites is 1. The molecule has 0 radical (unpaired) electrons. The molecule has 2 aliphatic carbocycles. The summed E-state index contributed by atoms with van der Waals surface area (Å²) in [6.45, 7) is 9.31. The second-order valence-corrected chi connectivity index (χ2v) is 13.2. The summed E-state index contributed by atoms with van der Waals surface area (Å²) in [6, 6.07) is 5.75. The number of carbonyl (C=O) groups excluding carboxylic acids is 1. The van der Waals surface area contributed by atoms with Gasteiger partial charge in [0.1, 0.15) is 9.84 Å². The first-order valence-electron chi connectivity index (χ1n) is 11.1. The van der Waals surface area contributed by atoms with Crippen LogP contribution < -0.4 is 5.32 Å². The van der Waals surface area contributed by atoms with Gasteiger partial charge in [0.2, 0.25) is 0 Å². The molecule has 0 aliphatic heterocycles. The van der Waals surface area contributed by atoms with Gasteiger partial charge in [-0.05, 0) is 55.4 Å². The largest absolute Gasteiger partial charge is 0.348 e. The van der Waals surface area contributed by atoms with Crippen LogP contribution in [0.3, 0.4) is 0 Å². The van der Waals surface area contributed by atoms with Gasteiger partial charge in [0.25, 0.3) is 5.91 Å². The van der Waals surface area contributed by atoms with Crippen LogP contribution in [0, 0.1) is 23.7 Å². The van der Waals surface area contributed by atoms with Crippen molar-refractivity contribution in [3.05, 3.63) is 34.5 Å². The van der Waals surface area contributed by atoms with E-state index in [1.807, 2.05) is 29.7 Å². The minimum absolute atomic E-state index is 0.0570. The third-order valence-corrected chi connectivity index (χ3v) is 9.30. The van der Waals surface area contributed by atoms with Crippen LogP contribution in [-0.2, 0) is 16.4 Å². The molecule has 170 valence electrons. The Balaban J connectivity index is 1.70. The van der Waals surface area contributed by atoms with Crippen LogP contribution in [0.2, 0.25) is 5.02 Å². The summed E-state index contributed by atoms with van der Waals surface area (Å²) in [5.74, 6) is 0.697. The van der Waals surface area contributed by atoms with Crippen molar-refractivity contribution >= 4 is 38.2 Å². The van der Waals surface area contributed by atoms with Crippen LogP contribution in [0.15, 0.2) is 18.2 Å². The molecule has 3 atom stereocenters. The summed E-state index contributed by atoms with van der Waals surface area (Å²) in [5, 5.41) is 4.81. The molecular weight excluding hydrogens is 432 g/mol. The van der Waals surface area contributed by atoms with Gasteiger partial charge in [0.15, 0.2) is 0 Å². The third-order valence-electron chi connectivity index (χ3n) is 7.96. The summed E-state index contributed by atoms with van der Waals surface area (Å²) in [7, 11) is -3.05. The van der Waals surface area contributed by atoms with Crippen LogP contribution in [0.5, 0.6) is 0 Å². The van der Waals surface area contributed by atoms with Crippen LogP contribution in [-0.4, -0.2) is 36.9 Å². The summed E-state index contributed by atoms with van der Waals surface area (Å²) in [6.07, 6.45) is 5.29. The molecule has 1 aromatic carbocycles. The number of fused-ring (bicyclic) bond motifs is 3. The number of amides is 1. The summed E-state index contributed by atoms with van der Waals surface area (Å²) in [4.78, 5) is 13.6. The first-order chi connectivity index (χ1) is 14.3. The Morgan fingerprint density at radius 2 is 2.00 bits per heavy atom. The fourth-order valence-electron chi connectivity index (χ4n) is 6.41. The average Bonchev–Trinajstić information content (AvgIpc) is 3.23. The lowest BCUT2D eigenvalue weighted by atomic mass is 9.68. The molecule has 0 spiro atoms. The normalized spacial score (nSPS) is 27.2. The first-order valence-corrected chi connectivity index (χ1v) is 13.5. The Kier molecular flexibility index (Phi) is 5.49. The smallest absolute Gasteiger partial charge is 0.253 e. The molecule has 1 amide bonds. The number of aryl methyl sites for hydroxylation is 1. The van der Waals surface area contributed by atoms with Gasteiger partial charge in [0.05, 0.1) is 21.9 Å². The topological polar surface area (TPSA) is 68.2 Å². The predicted octanol–water partition coefficient (Wildman–Crippen LogP) is 4.98. The number of halogens is 1. The van der Waals surface area contributed by atoms with Gasteiger partial charge in [-0.15, -0.1) is 0 Å². The van der Waals surface area contributed by atoms with E-state index in [1.54, 1.807) is 0 Å². The number of hydrogen-bond acceptors (Lipinski definition) is 3. The zero-order valence-corrected chi connectivity index (χ0v) is 20.7. The van der Waals surface area contributed by atoms with E-state index >= 15 is 0 Å². The maximum Gasteiger partial charge on any atom is 0.253 e. The lowest BCUT2D eigenvalue weighted by Crippen LogP contribution is -2.52. The molecule has 3 unspecified atom stereocenters. The molecule has 2 fully saturated rings. The van der Waals surface area contributed by atoms with Gasteiger partial charge in [-0.3, -0.25) is 4.79 Å². The van der Waals surface area contributed by atoms with Gasteiger partial charge in [-0.1, -0.05) is 44.5 Å². The molecule has 2 aromatic rings. The molecule has 0 saturated heterocycles. The van der Waals surface area contributed by atoms with Crippen LogP contribution in [0.4, 0.5) is 0 Å². The van der Waals surface area contributed by atoms with Crippen molar-refractivity contribution in [2.24, 2.45) is 16.7 Å². The Hall–Kier alpha value is -1.53. The molecule has 1 N–H and O–H groups in total. The van der Waals surface area contributed by atoms with Gasteiger partial charge < -0.3 is 9.88 Å². The fraction of sp³-hybridized carbons (Fsp3) is 0.625. The highest BCUT2D eigenvalue weighted by Crippen LogP contribution is 2.62. The highest BCUT2D eigenvalue weighted by Gasteiger charge is 2.59. The molecule has 4 rings (SSSR count). The number of sulfone groups is 1. The van der Waals surface area contributed by atoms with Crippen molar-refractivity contribution < 1.29 is 13.2 Å². The molecule has 2 aliphatic rings. The maximum absolute atomic E-state index is 13.6. The van der Waals surface area contributed by atoms with E-state index in [0.29, 0.717) is 29.5 Å². The Morgan fingerprint density at radius 1 is 1.29 bits per heavy atom. The summed E-state index contributed by atoms with van der Waals surface area (Å²) < 4.78 is 25.2. The van der Waals surface area contributed by atoms with E-state index in [0.717, 1.165) is 23.0 Å². The Bertz CT molecular complexity index is 1150. The van der Waals surface area contributed by atoms with E-state index in [1.165, 1.54) is 19.1 Å². The van der Waals surface area contributed by atoms with E-state index in [4.69, 9.17) is 11.6 Å². The van der Waals surface area contributed by atoms with E-state index in [-0.39, 0.29) is 28.5 Å². The van der Waals surface area contributed by atoms with Gasteiger partial charge in [-0.25, -0.2) is 8.42 Å². The van der Waals surface area contributed by atoms with Crippen molar-refractivity contribution in [1.82, 2.24) is 9.88 Å². The van der Waals surface area contributed by atoms with E-state index in [2.05, 4.69) is 26.1 Å². The van der Waals surface area contributed by atoms with Crippen molar-refractivity contribution in [2.45, 2.75) is 66.0 Å². The second-order valence-electron chi connectivity index (χ2n) is 10.6. The number of rotatable bonds is 6. The highest BCUT2D eigenvalue weighted by molar-refractivity contribution is 7.90. The third kappa shape index (κ3) is 3.80. The summed E-state index contributed by atoms with van der Waals surface area (Å²) in [5.41, 5.74) is 2.50. The molecule has 31 heavy (non-hydrogen) atoms. The van der Waals surface area contributed by atoms with Gasteiger partial charge >= 0.3 is 0 Å². The minimum atomic E-state index is -3.05. The Morgan fingerprint density at radius 3 is 2.61 bits per heavy atom. The van der Waals surface area contributed by atoms with Gasteiger partial charge in [-0.2, -0.15) is 0 Å². The zero-order chi connectivity index (χ0) is 22.8. The van der Waals surface area contributed by atoms with Crippen LogP contribution in [0.1, 0.15) is 62.5 Å². The van der Waals surface area contributed by atoms with Crippen molar-refractivity contribution in [1.29, 1.82) is 0 Å². The molecule has 1 aromatic heterocycles. The zero-order valence-electron chi connectivity index (χ0n) is 19.1. The lowest BCUT2D eigenvalue weighted by Gasteiger charge is -2.43. The fourth-order valence-corrected chi connectivity index (χ4v) is 7.34. The van der Waals surface area contributed by atoms with Crippen LogP contribution >= 0.6 is 11.6 Å². The standard InChI is InChI=1S/C24H33ClN2O3S/c1-15-19(21(28)26-22-23(2,3)16-10-11-24(22,4)14-16)17-8-6-9-18(25)20(17)27(15)12-7-13-31(5,29)30/h6,8-9,16,22H,7,10-14H2,1-5H3,(H,26,28). The number of nitrogens with zero attached hydrogens (tertiary/aromatic N) is 1. The molecule has 2 saturated carbocycles. The average molecular weight is 465 g/mol. The SMILES string of the molecule is Cc1c(C(=O)NC2C3(C)CCC(C3)C2(C)C)c2cccc(Cl)c2n1CCCS(C)(=O)=O. The molecular formula is C24H33ClN2O3S. The summed E-state index contributed by atoms with van der Waals surface area (Å²) >= 11 is 6.54. The predicted molar refractivity (Wildman–Crippen MR) is 126 cm³/mol. The molecule has 1 heterocycles. The Labute approximate surface area is 190 Å². The number of aromatic nitrogens is 1. The minimum Gasteiger partial charge on any atom is -0.348 e. The van der Waals surface area contributed by atoms with Gasteiger partial charge in [0, 0.05) is 29.9 Å². The number of nitrogens with one attached hydrogen (secondary N) is 1. The molecule has 5 nitrogen and oxygen atoms in total. The molecule has 2 bridgehead atoms. The van der Waals surface area contributed by atoms with Crippen LogP contribution in [0.25, 0.3) is 10.9 Å². The maximum atomic E-state index is 13.6. The van der Waals surface area contributed by atoms with Crippen molar-refractivity contribution in [2.75, 3.05) is 12.0 Å². The monoisotopic (exact) mass is 464 g/mol. The second kappa shape index (κ2) is 7.51. The van der Waals surface area contributed by atoms with E-state index in [9.17, 15) is 13.2 Å². The van der Waals surface area contributed by atoms with Crippen molar-refractivity contribution in [3.8, 4) is 0 Å². The lowest BCUT2D eigenvalue weighted by molar-refractivity contribution is 0.0738. The molecule has 7 heteroatoms. The number of hydrogen-bond donors (Lipinski definition) is 1. The highest BCUT2D eigenvalue weighted by atomic mass is 35.5. The quantitative estimate of drug-likeness (QED) is 0.655. The van der Waals surface area contributed by atoms with E-state index < -0.39 is 9.84 Å². The number of carbonyl (C=O) groups is 1.